The lowest BCUT2D eigenvalue weighted by Crippen LogP contribution is -1.94. The molecule has 0 radical (unpaired) electrons. The molecule has 0 amide bonds. The van der Waals surface area contributed by atoms with Crippen molar-refractivity contribution in [1.82, 2.24) is 9.97 Å². The van der Waals surface area contributed by atoms with Crippen LogP contribution in [0.1, 0.15) is 18.1 Å². The molecule has 0 saturated heterocycles. The van der Waals surface area contributed by atoms with Gasteiger partial charge < -0.3 is 4.98 Å². The van der Waals surface area contributed by atoms with E-state index in [2.05, 4.69) is 45.6 Å². The zero-order valence-corrected chi connectivity index (χ0v) is 13.4. The number of aryl methyl sites for hydroxylation is 1. The maximum Gasteiger partial charge on any atom is 0.165 e. The summed E-state index contributed by atoms with van der Waals surface area (Å²) in [5.41, 5.74) is 6.26. The van der Waals surface area contributed by atoms with Crippen molar-refractivity contribution < 1.29 is 0 Å². The van der Waals surface area contributed by atoms with Gasteiger partial charge in [0.25, 0.3) is 0 Å². The molecule has 2 aromatic heterocycles. The van der Waals surface area contributed by atoms with Gasteiger partial charge in [0.2, 0.25) is 0 Å². The molecule has 6 heteroatoms. The first-order chi connectivity index (χ1) is 10.7. The first-order valence-corrected chi connectivity index (χ1v) is 7.63. The van der Waals surface area contributed by atoms with Crippen LogP contribution in [0, 0.1) is 0 Å². The predicted octanol–water partition coefficient (Wildman–Crippen LogP) is 4.88. The molecule has 0 atom stereocenters. The van der Waals surface area contributed by atoms with Gasteiger partial charge in [-0.1, -0.05) is 48.3 Å². The highest BCUT2D eigenvalue weighted by Crippen LogP contribution is 2.23. The number of pyridine rings is 1. The summed E-state index contributed by atoms with van der Waals surface area (Å²) in [6, 6.07) is 7.86. The maximum atomic E-state index is 6.04. The summed E-state index contributed by atoms with van der Waals surface area (Å²) in [5, 5.41) is 6.25. The van der Waals surface area contributed by atoms with Crippen LogP contribution < -0.4 is 5.43 Å². The SMILES string of the molecule is CCc1cccc2c(/C=N/Nc3ncc(Cl)cc3Cl)c[nH]c12. The molecular formula is C16H14Cl2N4. The van der Waals surface area contributed by atoms with E-state index in [0.29, 0.717) is 15.9 Å². The predicted molar refractivity (Wildman–Crippen MR) is 93.2 cm³/mol. The third-order valence-electron chi connectivity index (χ3n) is 3.40. The molecule has 3 rings (SSSR count). The summed E-state index contributed by atoms with van der Waals surface area (Å²) in [6.45, 7) is 2.14. The fourth-order valence-electron chi connectivity index (χ4n) is 2.30. The number of benzene rings is 1. The number of aromatic amines is 1. The van der Waals surface area contributed by atoms with E-state index in [9.17, 15) is 0 Å². The molecule has 0 saturated carbocycles. The van der Waals surface area contributed by atoms with E-state index in [1.165, 1.54) is 11.8 Å². The zero-order chi connectivity index (χ0) is 15.5. The Morgan fingerprint density at radius 3 is 3.00 bits per heavy atom. The average Bonchev–Trinajstić information content (AvgIpc) is 2.93. The van der Waals surface area contributed by atoms with Crippen molar-refractivity contribution in [2.75, 3.05) is 5.43 Å². The van der Waals surface area contributed by atoms with E-state index in [-0.39, 0.29) is 0 Å². The van der Waals surface area contributed by atoms with Crippen molar-refractivity contribution in [2.45, 2.75) is 13.3 Å². The highest BCUT2D eigenvalue weighted by molar-refractivity contribution is 6.35. The van der Waals surface area contributed by atoms with Crippen LogP contribution in [0.15, 0.2) is 41.8 Å². The monoisotopic (exact) mass is 332 g/mol. The second-order valence-electron chi connectivity index (χ2n) is 4.79. The number of nitrogens with one attached hydrogen (secondary N) is 2. The normalized spacial score (nSPS) is 11.4. The summed E-state index contributed by atoms with van der Waals surface area (Å²) < 4.78 is 0. The van der Waals surface area contributed by atoms with Crippen LogP contribution in [-0.2, 0) is 6.42 Å². The largest absolute Gasteiger partial charge is 0.360 e. The van der Waals surface area contributed by atoms with Gasteiger partial charge in [-0.05, 0) is 18.1 Å². The van der Waals surface area contributed by atoms with E-state index in [1.54, 1.807) is 12.3 Å². The number of fused-ring (bicyclic) bond motifs is 1. The van der Waals surface area contributed by atoms with E-state index in [1.807, 2.05) is 6.20 Å². The molecule has 0 bridgehead atoms. The smallest absolute Gasteiger partial charge is 0.165 e. The van der Waals surface area contributed by atoms with Crippen LogP contribution in [0.3, 0.4) is 0 Å². The van der Waals surface area contributed by atoms with Crippen molar-refractivity contribution in [1.29, 1.82) is 0 Å². The number of hydrogen-bond donors (Lipinski definition) is 2. The molecular weight excluding hydrogens is 319 g/mol. The van der Waals surface area contributed by atoms with Crippen LogP contribution in [0.25, 0.3) is 10.9 Å². The number of nitrogens with zero attached hydrogens (tertiary/aromatic N) is 2. The molecule has 0 spiro atoms. The number of rotatable bonds is 4. The highest BCUT2D eigenvalue weighted by Gasteiger charge is 2.05. The molecule has 2 heterocycles. The van der Waals surface area contributed by atoms with Crippen LogP contribution in [0.5, 0.6) is 0 Å². The van der Waals surface area contributed by atoms with Crippen molar-refractivity contribution in [3.05, 3.63) is 57.8 Å². The molecule has 0 unspecified atom stereocenters. The first-order valence-electron chi connectivity index (χ1n) is 6.88. The van der Waals surface area contributed by atoms with Gasteiger partial charge in [-0.25, -0.2) is 4.98 Å². The van der Waals surface area contributed by atoms with E-state index >= 15 is 0 Å². The maximum absolute atomic E-state index is 6.04. The highest BCUT2D eigenvalue weighted by atomic mass is 35.5. The number of aromatic nitrogens is 2. The Hall–Kier alpha value is -2.04. The minimum Gasteiger partial charge on any atom is -0.360 e. The Labute approximate surface area is 138 Å². The van der Waals surface area contributed by atoms with Crippen LogP contribution >= 0.6 is 23.2 Å². The standard InChI is InChI=1S/C16H14Cl2N4/c1-2-10-4-3-5-13-11(7-19-15(10)13)8-21-22-16-14(18)6-12(17)9-20-16/h3-9,19H,2H2,1H3,(H,20,22)/b21-8+. The topological polar surface area (TPSA) is 53.1 Å². The molecule has 2 N–H and O–H groups in total. The molecule has 112 valence electrons. The van der Waals surface area contributed by atoms with Crippen molar-refractivity contribution in [3.63, 3.8) is 0 Å². The fourth-order valence-corrected chi connectivity index (χ4v) is 2.72. The second-order valence-corrected chi connectivity index (χ2v) is 5.63. The number of halogens is 2. The second kappa shape index (κ2) is 6.38. The zero-order valence-electron chi connectivity index (χ0n) is 11.9. The van der Waals surface area contributed by atoms with Crippen LogP contribution in [-0.4, -0.2) is 16.2 Å². The molecule has 22 heavy (non-hydrogen) atoms. The summed E-state index contributed by atoms with van der Waals surface area (Å²) in [5.74, 6) is 0.469. The summed E-state index contributed by atoms with van der Waals surface area (Å²) >= 11 is 11.8. The third-order valence-corrected chi connectivity index (χ3v) is 3.89. The van der Waals surface area contributed by atoms with Gasteiger partial charge >= 0.3 is 0 Å². The summed E-state index contributed by atoms with van der Waals surface area (Å²) in [6.07, 6.45) is 6.18. The van der Waals surface area contributed by atoms with Crippen molar-refractivity contribution in [3.8, 4) is 0 Å². The Balaban J connectivity index is 1.84. The van der Waals surface area contributed by atoms with Gasteiger partial charge in [0, 0.05) is 28.9 Å². The van der Waals surface area contributed by atoms with E-state index in [0.717, 1.165) is 22.9 Å². The number of hydrazone groups is 1. The van der Waals surface area contributed by atoms with Gasteiger partial charge in [0.1, 0.15) is 0 Å². The molecule has 1 aromatic carbocycles. The average molecular weight is 333 g/mol. The van der Waals surface area contributed by atoms with Gasteiger partial charge in [-0.3, -0.25) is 5.43 Å². The molecule has 4 nitrogen and oxygen atoms in total. The van der Waals surface area contributed by atoms with Gasteiger partial charge in [-0.15, -0.1) is 0 Å². The lowest BCUT2D eigenvalue weighted by Gasteiger charge is -2.02. The Morgan fingerprint density at radius 1 is 1.36 bits per heavy atom. The number of hydrogen-bond acceptors (Lipinski definition) is 3. The molecule has 0 fully saturated rings. The van der Waals surface area contributed by atoms with Gasteiger partial charge in [0.05, 0.1) is 16.3 Å². The minimum absolute atomic E-state index is 0.428. The van der Waals surface area contributed by atoms with Gasteiger partial charge in [0.15, 0.2) is 5.82 Å². The number of anilines is 1. The lowest BCUT2D eigenvalue weighted by atomic mass is 10.1. The Morgan fingerprint density at radius 2 is 2.23 bits per heavy atom. The van der Waals surface area contributed by atoms with Crippen molar-refractivity contribution in [2.24, 2.45) is 5.10 Å². The summed E-state index contributed by atoms with van der Waals surface area (Å²) in [7, 11) is 0. The first kappa shape index (κ1) is 14.9. The quantitative estimate of drug-likeness (QED) is 0.528. The molecule has 0 aliphatic rings. The fraction of sp³-hybridized carbons (Fsp3) is 0.125. The molecule has 3 aromatic rings. The molecule has 0 aliphatic heterocycles. The Bertz CT molecular complexity index is 839. The van der Waals surface area contributed by atoms with Crippen LogP contribution in [0.2, 0.25) is 10.0 Å². The lowest BCUT2D eigenvalue weighted by molar-refractivity contribution is 1.15. The van der Waals surface area contributed by atoms with Gasteiger partial charge in [-0.2, -0.15) is 5.10 Å². The number of H-pyrrole nitrogens is 1. The third kappa shape index (κ3) is 2.93. The van der Waals surface area contributed by atoms with E-state index in [4.69, 9.17) is 23.2 Å². The molecule has 0 aliphatic carbocycles. The number of para-hydroxylation sites is 1. The Kier molecular flexibility index (Phi) is 4.32. The van der Waals surface area contributed by atoms with Crippen LogP contribution in [0.4, 0.5) is 5.82 Å². The summed E-state index contributed by atoms with van der Waals surface area (Å²) in [4.78, 5) is 7.39. The minimum atomic E-state index is 0.428. The van der Waals surface area contributed by atoms with Crippen molar-refractivity contribution >= 4 is 46.1 Å². The van der Waals surface area contributed by atoms with E-state index < -0.39 is 0 Å².